The van der Waals surface area contributed by atoms with Gasteiger partial charge in [-0.2, -0.15) is 8.78 Å². The lowest BCUT2D eigenvalue weighted by atomic mass is 10.3. The van der Waals surface area contributed by atoms with E-state index in [1.54, 1.807) is 0 Å². The average Bonchev–Trinajstić information content (AvgIpc) is 2.35. The Morgan fingerprint density at radius 3 is 2.28 bits per heavy atom. The van der Waals surface area contributed by atoms with Crippen LogP contribution in [0.2, 0.25) is 0 Å². The number of benzene rings is 1. The molecule has 1 rings (SSSR count). The molecule has 0 radical (unpaired) electrons. The van der Waals surface area contributed by atoms with Gasteiger partial charge in [0.25, 0.3) is 0 Å². The largest absolute Gasteiger partial charge is 0.384 e. The maximum Gasteiger partial charge on any atom is 0.341 e. The van der Waals surface area contributed by atoms with Gasteiger partial charge in [0.05, 0.1) is 4.90 Å². The molecule has 102 valence electrons. The quantitative estimate of drug-likeness (QED) is 0.745. The lowest BCUT2D eigenvalue weighted by molar-refractivity contribution is 0.234. The van der Waals surface area contributed by atoms with Crippen LogP contribution in [0.5, 0.6) is 0 Å². The van der Waals surface area contributed by atoms with Crippen LogP contribution in [-0.2, 0) is 9.84 Å². The Bertz CT molecular complexity index is 460. The van der Waals surface area contributed by atoms with Gasteiger partial charge in [-0.05, 0) is 30.8 Å². The third-order valence-electron chi connectivity index (χ3n) is 2.30. The Morgan fingerprint density at radius 1 is 1.17 bits per heavy atom. The monoisotopic (exact) mass is 278 g/mol. The van der Waals surface area contributed by atoms with Crippen molar-refractivity contribution in [2.45, 2.75) is 17.6 Å². The number of alkyl halides is 2. The molecule has 0 spiro atoms. The van der Waals surface area contributed by atoms with Gasteiger partial charge < -0.3 is 10.6 Å². The zero-order chi connectivity index (χ0) is 13.6. The molecule has 0 aliphatic carbocycles. The first-order valence-electron chi connectivity index (χ1n) is 5.55. The third kappa shape index (κ3) is 3.92. The number of halogens is 2. The van der Waals surface area contributed by atoms with Crippen LogP contribution >= 0.6 is 0 Å². The standard InChI is InChI=1S/C11H16F2N2O2S/c1-2-14-7-8-15-9-3-5-10(6-4-9)18(16,17)11(12)13/h3-6,11,14-15H,2,7-8H2,1H3. The summed E-state index contributed by atoms with van der Waals surface area (Å²) >= 11 is 0. The first-order chi connectivity index (χ1) is 8.48. The zero-order valence-corrected chi connectivity index (χ0v) is 10.8. The van der Waals surface area contributed by atoms with E-state index < -0.39 is 15.6 Å². The molecule has 1 aromatic carbocycles. The van der Waals surface area contributed by atoms with E-state index in [2.05, 4.69) is 10.6 Å². The van der Waals surface area contributed by atoms with Crippen LogP contribution in [0.15, 0.2) is 29.2 Å². The molecule has 0 aromatic heterocycles. The van der Waals surface area contributed by atoms with E-state index in [4.69, 9.17) is 0 Å². The van der Waals surface area contributed by atoms with Crippen molar-refractivity contribution in [2.75, 3.05) is 25.0 Å². The lowest BCUT2D eigenvalue weighted by Crippen LogP contribution is -2.21. The molecule has 7 heteroatoms. The van der Waals surface area contributed by atoms with Crippen LogP contribution in [0.1, 0.15) is 6.92 Å². The summed E-state index contributed by atoms with van der Waals surface area (Å²) in [5.74, 6) is -3.38. The van der Waals surface area contributed by atoms with Crippen molar-refractivity contribution in [3.63, 3.8) is 0 Å². The predicted octanol–water partition coefficient (Wildman–Crippen LogP) is 1.70. The van der Waals surface area contributed by atoms with Gasteiger partial charge in [-0.3, -0.25) is 0 Å². The van der Waals surface area contributed by atoms with Crippen LogP contribution in [0.25, 0.3) is 0 Å². The van der Waals surface area contributed by atoms with Gasteiger partial charge in [-0.15, -0.1) is 0 Å². The molecular formula is C11H16F2N2O2S. The molecule has 0 aliphatic rings. The molecule has 0 heterocycles. The molecule has 0 saturated carbocycles. The van der Waals surface area contributed by atoms with Gasteiger partial charge in [0.2, 0.25) is 9.84 Å². The average molecular weight is 278 g/mol. The van der Waals surface area contributed by atoms with Crippen LogP contribution in [0, 0.1) is 0 Å². The molecular weight excluding hydrogens is 262 g/mol. The number of nitrogens with one attached hydrogen (secondary N) is 2. The molecule has 1 aromatic rings. The van der Waals surface area contributed by atoms with Crippen LogP contribution in [0.4, 0.5) is 14.5 Å². The van der Waals surface area contributed by atoms with Crippen molar-refractivity contribution in [3.8, 4) is 0 Å². The highest BCUT2D eigenvalue weighted by molar-refractivity contribution is 7.91. The molecule has 0 fully saturated rings. The Balaban J connectivity index is 2.63. The van der Waals surface area contributed by atoms with Crippen molar-refractivity contribution >= 4 is 15.5 Å². The van der Waals surface area contributed by atoms with E-state index in [0.29, 0.717) is 12.2 Å². The molecule has 0 aliphatic heterocycles. The van der Waals surface area contributed by atoms with Crippen LogP contribution in [-0.4, -0.2) is 33.8 Å². The van der Waals surface area contributed by atoms with Crippen LogP contribution < -0.4 is 10.6 Å². The van der Waals surface area contributed by atoms with Crippen molar-refractivity contribution in [1.82, 2.24) is 5.32 Å². The van der Waals surface area contributed by atoms with Gasteiger partial charge in [0, 0.05) is 18.8 Å². The Hall–Kier alpha value is -1.21. The maximum absolute atomic E-state index is 12.3. The minimum atomic E-state index is -4.50. The summed E-state index contributed by atoms with van der Waals surface area (Å²) in [5.41, 5.74) is 0.695. The second kappa shape index (κ2) is 6.65. The van der Waals surface area contributed by atoms with Crippen LogP contribution in [0.3, 0.4) is 0 Å². The summed E-state index contributed by atoms with van der Waals surface area (Å²) in [5, 5.41) is 6.15. The molecule has 18 heavy (non-hydrogen) atoms. The van der Waals surface area contributed by atoms with Gasteiger partial charge in [-0.25, -0.2) is 8.42 Å². The van der Waals surface area contributed by atoms with E-state index in [9.17, 15) is 17.2 Å². The molecule has 2 N–H and O–H groups in total. The van der Waals surface area contributed by atoms with Gasteiger partial charge in [0.1, 0.15) is 0 Å². The van der Waals surface area contributed by atoms with E-state index in [-0.39, 0.29) is 4.90 Å². The summed E-state index contributed by atoms with van der Waals surface area (Å²) < 4.78 is 46.9. The van der Waals surface area contributed by atoms with E-state index in [1.165, 1.54) is 24.3 Å². The number of rotatable bonds is 7. The minimum Gasteiger partial charge on any atom is -0.384 e. The molecule has 0 atom stereocenters. The number of hydrogen-bond donors (Lipinski definition) is 2. The summed E-state index contributed by atoms with van der Waals surface area (Å²) in [6, 6.07) is 5.30. The minimum absolute atomic E-state index is 0.366. The van der Waals surface area contributed by atoms with Crippen molar-refractivity contribution in [3.05, 3.63) is 24.3 Å². The molecule has 0 amide bonds. The summed E-state index contributed by atoms with van der Waals surface area (Å²) in [6.07, 6.45) is 0. The number of hydrogen-bond acceptors (Lipinski definition) is 4. The van der Waals surface area contributed by atoms with Crippen molar-refractivity contribution < 1.29 is 17.2 Å². The summed E-state index contributed by atoms with van der Waals surface area (Å²) in [6.45, 7) is 4.31. The maximum atomic E-state index is 12.3. The van der Waals surface area contributed by atoms with E-state index >= 15 is 0 Å². The first kappa shape index (κ1) is 14.8. The van der Waals surface area contributed by atoms with Crippen molar-refractivity contribution in [2.24, 2.45) is 0 Å². The highest BCUT2D eigenvalue weighted by atomic mass is 32.2. The second-order valence-electron chi connectivity index (χ2n) is 3.61. The smallest absolute Gasteiger partial charge is 0.341 e. The Labute approximate surface area is 105 Å². The van der Waals surface area contributed by atoms with Gasteiger partial charge >= 0.3 is 5.76 Å². The molecule has 0 saturated heterocycles. The van der Waals surface area contributed by atoms with E-state index in [1.807, 2.05) is 6.92 Å². The van der Waals surface area contributed by atoms with Gasteiger partial charge in [-0.1, -0.05) is 6.92 Å². The Kier molecular flexibility index (Phi) is 5.49. The fourth-order valence-corrected chi connectivity index (χ4v) is 2.06. The van der Waals surface area contributed by atoms with E-state index in [0.717, 1.165) is 13.1 Å². The summed E-state index contributed by atoms with van der Waals surface area (Å²) in [7, 11) is -4.50. The highest BCUT2D eigenvalue weighted by Gasteiger charge is 2.26. The fraction of sp³-hybridized carbons (Fsp3) is 0.455. The molecule has 4 nitrogen and oxygen atoms in total. The first-order valence-corrected chi connectivity index (χ1v) is 7.10. The molecule has 0 unspecified atom stereocenters. The normalized spacial score (nSPS) is 11.8. The number of likely N-dealkylation sites (N-methyl/N-ethyl adjacent to an activating group) is 1. The van der Waals surface area contributed by atoms with Crippen molar-refractivity contribution in [1.29, 1.82) is 0 Å². The summed E-state index contributed by atoms with van der Waals surface area (Å²) in [4.78, 5) is -0.366. The predicted molar refractivity (Wildman–Crippen MR) is 66.7 cm³/mol. The number of anilines is 1. The number of sulfone groups is 1. The topological polar surface area (TPSA) is 58.2 Å². The third-order valence-corrected chi connectivity index (χ3v) is 3.70. The Morgan fingerprint density at radius 2 is 1.78 bits per heavy atom. The highest BCUT2D eigenvalue weighted by Crippen LogP contribution is 2.19. The molecule has 0 bridgehead atoms. The zero-order valence-electron chi connectivity index (χ0n) is 9.99. The second-order valence-corrected chi connectivity index (χ2v) is 5.53. The lowest BCUT2D eigenvalue weighted by Gasteiger charge is -2.08. The SMILES string of the molecule is CCNCCNc1ccc(S(=O)(=O)C(F)F)cc1. The van der Waals surface area contributed by atoms with Gasteiger partial charge in [0.15, 0.2) is 0 Å². The fourth-order valence-electron chi connectivity index (χ4n) is 1.34.